The predicted octanol–water partition coefficient (Wildman–Crippen LogP) is 2.09. The molecule has 0 radical (unpaired) electrons. The summed E-state index contributed by atoms with van der Waals surface area (Å²) in [4.78, 5) is 13.7. The minimum absolute atomic E-state index is 0. The molecule has 0 aromatic heterocycles. The fourth-order valence-corrected chi connectivity index (χ4v) is 2.12. The number of nitrogens with two attached hydrogens (primary N) is 1. The standard InChI is InChI=1S/C13H17ClN2O2.ClH/c14-10-2-1-3-12(8-10)18-9-13(17)16-6-4-11(15)5-7-16;/h1-3,8,11H,4-7,9,15H2;1H. The Balaban J connectivity index is 0.00000180. The van der Waals surface area contributed by atoms with Crippen LogP contribution >= 0.6 is 24.0 Å². The van der Waals surface area contributed by atoms with Crippen molar-refractivity contribution in [3.05, 3.63) is 29.3 Å². The molecular formula is C13H18Cl2N2O2. The second kappa shape index (κ2) is 7.58. The Hall–Kier alpha value is -0.970. The van der Waals surface area contributed by atoms with Crippen LogP contribution in [0.1, 0.15) is 12.8 Å². The van der Waals surface area contributed by atoms with Crippen LogP contribution in [-0.2, 0) is 4.79 Å². The van der Waals surface area contributed by atoms with E-state index in [0.717, 1.165) is 25.9 Å². The lowest BCUT2D eigenvalue weighted by molar-refractivity contribution is -0.134. The number of carbonyl (C=O) groups excluding carboxylic acids is 1. The Morgan fingerprint density at radius 3 is 2.74 bits per heavy atom. The van der Waals surface area contributed by atoms with Crippen LogP contribution in [0.4, 0.5) is 0 Å². The molecule has 0 atom stereocenters. The number of likely N-dealkylation sites (tertiary alicyclic amines) is 1. The Bertz CT molecular complexity index is 421. The van der Waals surface area contributed by atoms with Crippen molar-refractivity contribution in [1.82, 2.24) is 4.90 Å². The van der Waals surface area contributed by atoms with Gasteiger partial charge in [-0.15, -0.1) is 12.4 Å². The van der Waals surface area contributed by atoms with E-state index in [9.17, 15) is 4.79 Å². The zero-order valence-corrected chi connectivity index (χ0v) is 12.1. The maximum atomic E-state index is 11.9. The Kier molecular flexibility index (Phi) is 6.42. The number of rotatable bonds is 3. The molecule has 1 fully saturated rings. The third kappa shape index (κ3) is 4.90. The highest BCUT2D eigenvalue weighted by Gasteiger charge is 2.20. The molecular weight excluding hydrogens is 287 g/mol. The number of hydrogen-bond acceptors (Lipinski definition) is 3. The van der Waals surface area contributed by atoms with E-state index in [0.29, 0.717) is 10.8 Å². The van der Waals surface area contributed by atoms with Gasteiger partial charge < -0.3 is 15.4 Å². The smallest absolute Gasteiger partial charge is 0.260 e. The van der Waals surface area contributed by atoms with E-state index in [2.05, 4.69) is 0 Å². The minimum Gasteiger partial charge on any atom is -0.484 e. The largest absolute Gasteiger partial charge is 0.484 e. The van der Waals surface area contributed by atoms with Crippen LogP contribution in [0.2, 0.25) is 5.02 Å². The molecule has 2 rings (SSSR count). The number of ether oxygens (including phenoxy) is 1. The van der Waals surface area contributed by atoms with Crippen molar-refractivity contribution in [2.24, 2.45) is 5.73 Å². The highest BCUT2D eigenvalue weighted by molar-refractivity contribution is 6.30. The van der Waals surface area contributed by atoms with Crippen molar-refractivity contribution < 1.29 is 9.53 Å². The van der Waals surface area contributed by atoms with Crippen molar-refractivity contribution in [3.63, 3.8) is 0 Å². The van der Waals surface area contributed by atoms with Crippen LogP contribution < -0.4 is 10.5 Å². The monoisotopic (exact) mass is 304 g/mol. The molecule has 6 heteroatoms. The van der Waals surface area contributed by atoms with Gasteiger partial charge in [0.25, 0.3) is 5.91 Å². The molecule has 1 aliphatic heterocycles. The number of carbonyl (C=O) groups is 1. The highest BCUT2D eigenvalue weighted by Crippen LogP contribution is 2.17. The summed E-state index contributed by atoms with van der Waals surface area (Å²) in [5.74, 6) is 0.617. The molecule has 1 aromatic rings. The maximum absolute atomic E-state index is 11.9. The predicted molar refractivity (Wildman–Crippen MR) is 78.0 cm³/mol. The van der Waals surface area contributed by atoms with Crippen molar-refractivity contribution >= 4 is 29.9 Å². The molecule has 1 heterocycles. The summed E-state index contributed by atoms with van der Waals surface area (Å²) in [5, 5.41) is 0.601. The summed E-state index contributed by atoms with van der Waals surface area (Å²) in [6, 6.07) is 7.26. The number of benzene rings is 1. The van der Waals surface area contributed by atoms with Crippen molar-refractivity contribution in [2.75, 3.05) is 19.7 Å². The number of amides is 1. The molecule has 106 valence electrons. The molecule has 0 aliphatic carbocycles. The van der Waals surface area contributed by atoms with E-state index >= 15 is 0 Å². The second-order valence-corrected chi connectivity index (χ2v) is 4.90. The Labute approximate surface area is 124 Å². The lowest BCUT2D eigenvalue weighted by Crippen LogP contribution is -2.44. The van der Waals surface area contributed by atoms with Crippen LogP contribution in [0.25, 0.3) is 0 Å². The van der Waals surface area contributed by atoms with E-state index < -0.39 is 0 Å². The van der Waals surface area contributed by atoms with Gasteiger partial charge in [-0.25, -0.2) is 0 Å². The number of nitrogens with zero attached hydrogens (tertiary/aromatic N) is 1. The van der Waals surface area contributed by atoms with Gasteiger partial charge in [-0.3, -0.25) is 4.79 Å². The molecule has 1 saturated heterocycles. The topological polar surface area (TPSA) is 55.6 Å². The molecule has 4 nitrogen and oxygen atoms in total. The van der Waals surface area contributed by atoms with Gasteiger partial charge in [0.1, 0.15) is 5.75 Å². The van der Waals surface area contributed by atoms with E-state index in [1.165, 1.54) is 0 Å². The molecule has 0 spiro atoms. The third-order valence-corrected chi connectivity index (χ3v) is 3.29. The van der Waals surface area contributed by atoms with Crippen LogP contribution in [-0.4, -0.2) is 36.5 Å². The first-order valence-corrected chi connectivity index (χ1v) is 6.44. The molecule has 0 saturated carbocycles. The van der Waals surface area contributed by atoms with Gasteiger partial charge in [-0.1, -0.05) is 17.7 Å². The lowest BCUT2D eigenvalue weighted by atomic mass is 10.1. The van der Waals surface area contributed by atoms with Crippen LogP contribution in [0.15, 0.2) is 24.3 Å². The van der Waals surface area contributed by atoms with E-state index in [1.54, 1.807) is 29.2 Å². The number of halogens is 2. The third-order valence-electron chi connectivity index (χ3n) is 3.05. The first kappa shape index (κ1) is 16.1. The first-order chi connectivity index (χ1) is 8.65. The quantitative estimate of drug-likeness (QED) is 0.930. The molecule has 2 N–H and O–H groups in total. The highest BCUT2D eigenvalue weighted by atomic mass is 35.5. The average molecular weight is 305 g/mol. The Morgan fingerprint density at radius 2 is 2.11 bits per heavy atom. The zero-order valence-electron chi connectivity index (χ0n) is 10.5. The normalized spacial score (nSPS) is 15.8. The zero-order chi connectivity index (χ0) is 13.0. The fourth-order valence-electron chi connectivity index (χ4n) is 1.94. The SMILES string of the molecule is Cl.NC1CCN(C(=O)COc2cccc(Cl)c2)CC1. The number of piperidine rings is 1. The first-order valence-electron chi connectivity index (χ1n) is 6.07. The summed E-state index contributed by atoms with van der Waals surface area (Å²) in [7, 11) is 0. The van der Waals surface area contributed by atoms with Gasteiger partial charge in [0.15, 0.2) is 6.61 Å². The molecule has 1 amide bonds. The van der Waals surface area contributed by atoms with E-state index in [4.69, 9.17) is 22.1 Å². The molecule has 0 bridgehead atoms. The Morgan fingerprint density at radius 1 is 1.42 bits per heavy atom. The maximum Gasteiger partial charge on any atom is 0.260 e. The van der Waals surface area contributed by atoms with Crippen LogP contribution in [0, 0.1) is 0 Å². The lowest BCUT2D eigenvalue weighted by Gasteiger charge is -2.30. The van der Waals surface area contributed by atoms with Crippen molar-refractivity contribution in [2.45, 2.75) is 18.9 Å². The molecule has 19 heavy (non-hydrogen) atoms. The van der Waals surface area contributed by atoms with Crippen LogP contribution in [0.5, 0.6) is 5.75 Å². The van der Waals surface area contributed by atoms with Crippen LogP contribution in [0.3, 0.4) is 0 Å². The summed E-state index contributed by atoms with van der Waals surface area (Å²) < 4.78 is 5.42. The molecule has 0 unspecified atom stereocenters. The molecule has 1 aliphatic rings. The van der Waals surface area contributed by atoms with Gasteiger partial charge in [-0.2, -0.15) is 0 Å². The van der Waals surface area contributed by atoms with Gasteiger partial charge >= 0.3 is 0 Å². The summed E-state index contributed by atoms with van der Waals surface area (Å²) >= 11 is 5.84. The van der Waals surface area contributed by atoms with Gasteiger partial charge in [-0.05, 0) is 31.0 Å². The van der Waals surface area contributed by atoms with Gasteiger partial charge in [0, 0.05) is 24.2 Å². The fraction of sp³-hybridized carbons (Fsp3) is 0.462. The van der Waals surface area contributed by atoms with Gasteiger partial charge in [0.2, 0.25) is 0 Å². The summed E-state index contributed by atoms with van der Waals surface area (Å²) in [5.41, 5.74) is 5.79. The van der Waals surface area contributed by atoms with Gasteiger partial charge in [0.05, 0.1) is 0 Å². The second-order valence-electron chi connectivity index (χ2n) is 4.46. The average Bonchev–Trinajstić information content (AvgIpc) is 2.37. The van der Waals surface area contributed by atoms with Crippen molar-refractivity contribution in [1.29, 1.82) is 0 Å². The number of hydrogen-bond donors (Lipinski definition) is 1. The summed E-state index contributed by atoms with van der Waals surface area (Å²) in [6.45, 7) is 1.49. The molecule has 1 aromatic carbocycles. The van der Waals surface area contributed by atoms with E-state index in [-0.39, 0.29) is 31.0 Å². The minimum atomic E-state index is 0. The van der Waals surface area contributed by atoms with Crippen molar-refractivity contribution in [3.8, 4) is 5.75 Å². The van der Waals surface area contributed by atoms with E-state index in [1.807, 2.05) is 0 Å². The summed E-state index contributed by atoms with van der Waals surface area (Å²) in [6.07, 6.45) is 1.73.